The van der Waals surface area contributed by atoms with Crippen LogP contribution in [-0.2, 0) is 4.79 Å². The summed E-state index contributed by atoms with van der Waals surface area (Å²) < 4.78 is 0. The summed E-state index contributed by atoms with van der Waals surface area (Å²) in [5.41, 5.74) is 7.72. The van der Waals surface area contributed by atoms with Gasteiger partial charge in [-0.3, -0.25) is 9.59 Å². The third-order valence-electron chi connectivity index (χ3n) is 5.82. The minimum Gasteiger partial charge on any atom is -0.368 e. The van der Waals surface area contributed by atoms with Gasteiger partial charge in [-0.25, -0.2) is 9.97 Å². The van der Waals surface area contributed by atoms with Crippen molar-refractivity contribution in [2.45, 2.75) is 38.3 Å². The third-order valence-corrected chi connectivity index (χ3v) is 6.07. The van der Waals surface area contributed by atoms with Crippen molar-refractivity contribution in [2.75, 3.05) is 12.3 Å². The lowest BCUT2D eigenvalue weighted by Crippen LogP contribution is -2.55. The van der Waals surface area contributed by atoms with Crippen LogP contribution in [-0.4, -0.2) is 38.8 Å². The van der Waals surface area contributed by atoms with Gasteiger partial charge in [-0.15, -0.1) is 0 Å². The molecule has 2 amide bonds. The maximum Gasteiger partial charge on any atom is 0.252 e. The topological polar surface area (TPSA) is 101 Å². The summed E-state index contributed by atoms with van der Waals surface area (Å²) in [4.78, 5) is 36.8. The van der Waals surface area contributed by atoms with E-state index >= 15 is 0 Å². The molecule has 1 aliphatic heterocycles. The highest BCUT2D eigenvalue weighted by Gasteiger charge is 2.40. The molecule has 3 aromatic rings. The number of hydrogen-bond acceptors (Lipinski definition) is 5. The number of rotatable bonds is 5. The number of nitrogens with one attached hydrogen (secondary N) is 1. The molecule has 1 aliphatic rings. The second-order valence-corrected chi connectivity index (χ2v) is 9.07. The normalized spacial score (nSPS) is 16.0. The lowest BCUT2D eigenvalue weighted by molar-refractivity contribution is -0.137. The van der Waals surface area contributed by atoms with Crippen LogP contribution in [0.1, 0.15) is 48.8 Å². The Labute approximate surface area is 198 Å². The van der Waals surface area contributed by atoms with Gasteiger partial charge >= 0.3 is 0 Å². The van der Waals surface area contributed by atoms with Crippen LogP contribution < -0.4 is 11.1 Å². The first-order valence-corrected chi connectivity index (χ1v) is 11.2. The van der Waals surface area contributed by atoms with Gasteiger partial charge in [0.2, 0.25) is 11.9 Å². The average Bonchev–Trinajstić information content (AvgIpc) is 3.29. The monoisotopic (exact) mass is 463 g/mol. The van der Waals surface area contributed by atoms with Crippen molar-refractivity contribution < 1.29 is 9.59 Å². The zero-order valence-corrected chi connectivity index (χ0v) is 19.3. The number of hydrogen-bond donors (Lipinski definition) is 2. The number of anilines is 1. The molecule has 3 N–H and O–H groups in total. The van der Waals surface area contributed by atoms with Gasteiger partial charge in [0, 0.05) is 28.9 Å². The summed E-state index contributed by atoms with van der Waals surface area (Å²) in [5.74, 6) is -0.315. The first-order valence-electron chi connectivity index (χ1n) is 10.8. The molecular formula is C25H26ClN5O2. The van der Waals surface area contributed by atoms with Crippen molar-refractivity contribution in [3.05, 3.63) is 77.1 Å². The number of likely N-dealkylation sites (tertiary alicyclic amines) is 1. The van der Waals surface area contributed by atoms with E-state index in [0.29, 0.717) is 22.8 Å². The molecule has 0 bridgehead atoms. The van der Waals surface area contributed by atoms with Gasteiger partial charge in [-0.2, -0.15) is 0 Å². The number of benzene rings is 2. The van der Waals surface area contributed by atoms with E-state index in [-0.39, 0.29) is 23.8 Å². The number of amides is 2. The molecule has 8 heteroatoms. The van der Waals surface area contributed by atoms with Gasteiger partial charge in [0.15, 0.2) is 0 Å². The molecule has 0 radical (unpaired) electrons. The number of aromatic nitrogens is 2. The summed E-state index contributed by atoms with van der Waals surface area (Å²) in [5, 5.41) is 3.51. The van der Waals surface area contributed by atoms with Gasteiger partial charge in [0.25, 0.3) is 5.91 Å². The molecule has 0 aliphatic carbocycles. The minimum atomic E-state index is -1.10. The standard InChI is InChI=1S/C25H26ClN5O2/c1-25(2,30-22(32)17-7-4-3-5-8-17)23(33)31-14-6-9-20(31)21-19(15-28-24(27)29-21)16-10-12-18(26)13-11-16/h3-5,7-8,10-13,15,20H,6,9,14H2,1-2H3,(H,30,32)(H2,27,28,29)/t20-/m1/s1. The van der Waals surface area contributed by atoms with E-state index in [1.54, 1.807) is 61.3 Å². The molecule has 0 spiro atoms. The molecule has 33 heavy (non-hydrogen) atoms. The highest BCUT2D eigenvalue weighted by atomic mass is 35.5. The summed E-state index contributed by atoms with van der Waals surface area (Å²) >= 11 is 6.05. The predicted molar refractivity (Wildman–Crippen MR) is 129 cm³/mol. The molecule has 170 valence electrons. The van der Waals surface area contributed by atoms with Gasteiger partial charge < -0.3 is 16.0 Å². The lowest BCUT2D eigenvalue weighted by Gasteiger charge is -2.34. The molecular weight excluding hydrogens is 438 g/mol. The van der Waals surface area contributed by atoms with Crippen molar-refractivity contribution in [2.24, 2.45) is 0 Å². The highest BCUT2D eigenvalue weighted by Crippen LogP contribution is 2.38. The van der Waals surface area contributed by atoms with E-state index in [9.17, 15) is 9.59 Å². The number of nitrogens with zero attached hydrogens (tertiary/aromatic N) is 3. The van der Waals surface area contributed by atoms with Crippen LogP contribution >= 0.6 is 11.6 Å². The molecule has 1 atom stereocenters. The Bertz CT molecular complexity index is 1170. The van der Waals surface area contributed by atoms with Crippen LogP contribution in [0.15, 0.2) is 60.8 Å². The molecule has 0 unspecified atom stereocenters. The van der Waals surface area contributed by atoms with Crippen molar-refractivity contribution in [3.8, 4) is 11.1 Å². The molecule has 2 heterocycles. The molecule has 1 fully saturated rings. The second kappa shape index (κ2) is 9.19. The minimum absolute atomic E-state index is 0.152. The van der Waals surface area contributed by atoms with Gasteiger partial charge in [0.1, 0.15) is 5.54 Å². The summed E-state index contributed by atoms with van der Waals surface area (Å²) in [6, 6.07) is 16.0. The molecule has 1 saturated heterocycles. The summed E-state index contributed by atoms with van der Waals surface area (Å²) in [6.07, 6.45) is 3.25. The van der Waals surface area contributed by atoms with E-state index in [1.807, 2.05) is 18.2 Å². The van der Waals surface area contributed by atoms with Crippen LogP contribution in [0.5, 0.6) is 0 Å². The van der Waals surface area contributed by atoms with E-state index < -0.39 is 5.54 Å². The Balaban J connectivity index is 1.63. The molecule has 0 saturated carbocycles. The quantitative estimate of drug-likeness (QED) is 0.589. The Hall–Kier alpha value is -3.45. The SMILES string of the molecule is CC(C)(NC(=O)c1ccccc1)C(=O)N1CCC[C@@H]1c1nc(N)ncc1-c1ccc(Cl)cc1. The number of nitrogens with two attached hydrogens (primary N) is 1. The predicted octanol–water partition coefficient (Wildman–Crippen LogP) is 4.25. The lowest BCUT2D eigenvalue weighted by atomic mass is 9.97. The van der Waals surface area contributed by atoms with Crippen LogP contribution in [0.3, 0.4) is 0 Å². The number of carbonyl (C=O) groups is 2. The van der Waals surface area contributed by atoms with Gasteiger partial charge in [-0.05, 0) is 56.5 Å². The van der Waals surface area contributed by atoms with Gasteiger partial charge in [0.05, 0.1) is 11.7 Å². The van der Waals surface area contributed by atoms with E-state index in [4.69, 9.17) is 17.3 Å². The second-order valence-electron chi connectivity index (χ2n) is 8.64. The van der Waals surface area contributed by atoms with E-state index in [2.05, 4.69) is 15.3 Å². The fourth-order valence-electron chi connectivity index (χ4n) is 4.17. The first kappa shape index (κ1) is 22.7. The van der Waals surface area contributed by atoms with Gasteiger partial charge in [-0.1, -0.05) is 41.9 Å². The number of nitrogen functional groups attached to an aromatic ring is 1. The largest absolute Gasteiger partial charge is 0.368 e. The van der Waals surface area contributed by atoms with E-state index in [0.717, 1.165) is 24.0 Å². The molecule has 7 nitrogen and oxygen atoms in total. The molecule has 1 aromatic heterocycles. The highest BCUT2D eigenvalue weighted by molar-refractivity contribution is 6.30. The Morgan fingerprint density at radius 3 is 2.52 bits per heavy atom. The van der Waals surface area contributed by atoms with Crippen LogP contribution in [0.2, 0.25) is 5.02 Å². The smallest absolute Gasteiger partial charge is 0.252 e. The Morgan fingerprint density at radius 2 is 1.82 bits per heavy atom. The van der Waals surface area contributed by atoms with Crippen molar-refractivity contribution in [3.63, 3.8) is 0 Å². The summed E-state index contributed by atoms with van der Waals surface area (Å²) in [7, 11) is 0. The zero-order valence-electron chi connectivity index (χ0n) is 18.6. The van der Waals surface area contributed by atoms with Crippen molar-refractivity contribution >= 4 is 29.4 Å². The first-order chi connectivity index (χ1) is 15.8. The maximum atomic E-state index is 13.6. The van der Waals surface area contributed by atoms with E-state index in [1.165, 1.54) is 0 Å². The van der Waals surface area contributed by atoms with Crippen LogP contribution in [0, 0.1) is 0 Å². The Morgan fingerprint density at radius 1 is 1.12 bits per heavy atom. The maximum absolute atomic E-state index is 13.6. The summed E-state index contributed by atoms with van der Waals surface area (Å²) in [6.45, 7) is 4.01. The Kier molecular flexibility index (Phi) is 6.33. The molecule has 4 rings (SSSR count). The number of carbonyl (C=O) groups excluding carboxylic acids is 2. The fraction of sp³-hybridized carbons (Fsp3) is 0.280. The average molecular weight is 464 g/mol. The van der Waals surface area contributed by atoms with Crippen molar-refractivity contribution in [1.82, 2.24) is 20.2 Å². The zero-order chi connectivity index (χ0) is 23.6. The van der Waals surface area contributed by atoms with Crippen LogP contribution in [0.4, 0.5) is 5.95 Å². The fourth-order valence-corrected chi connectivity index (χ4v) is 4.29. The van der Waals surface area contributed by atoms with Crippen LogP contribution in [0.25, 0.3) is 11.1 Å². The molecule has 2 aromatic carbocycles. The van der Waals surface area contributed by atoms with Crippen molar-refractivity contribution in [1.29, 1.82) is 0 Å². The third kappa shape index (κ3) is 4.83. The number of halogens is 1.